The Balaban J connectivity index is 0.000000427. The van der Waals surface area contributed by atoms with Crippen LogP contribution in [0.4, 0.5) is 0 Å². The summed E-state index contributed by atoms with van der Waals surface area (Å²) < 4.78 is 7.49. The molecule has 0 spiro atoms. The minimum Gasteiger partial charge on any atom is -0.473 e. The van der Waals surface area contributed by atoms with Gasteiger partial charge in [0.25, 0.3) is 0 Å². The van der Waals surface area contributed by atoms with Gasteiger partial charge in [-0.05, 0) is 56.1 Å². The molecule has 1 aliphatic heterocycles. The monoisotopic (exact) mass is 442 g/mol. The van der Waals surface area contributed by atoms with Crippen molar-refractivity contribution in [2.45, 2.75) is 25.9 Å². The van der Waals surface area contributed by atoms with Crippen LogP contribution in [-0.4, -0.2) is 62.1 Å². The third kappa shape index (κ3) is 6.67. The molecule has 10 nitrogen and oxygen atoms in total. The largest absolute Gasteiger partial charge is 0.473 e. The van der Waals surface area contributed by atoms with Gasteiger partial charge in [-0.2, -0.15) is 0 Å². The van der Waals surface area contributed by atoms with Crippen LogP contribution >= 0.6 is 0 Å². The van der Waals surface area contributed by atoms with E-state index in [0.717, 1.165) is 43.8 Å². The van der Waals surface area contributed by atoms with Crippen molar-refractivity contribution >= 4 is 28.9 Å². The van der Waals surface area contributed by atoms with Crippen LogP contribution < -0.4 is 5.32 Å². The van der Waals surface area contributed by atoms with Gasteiger partial charge in [-0.3, -0.25) is 9.69 Å². The van der Waals surface area contributed by atoms with Crippen molar-refractivity contribution in [2.75, 3.05) is 19.6 Å². The molecule has 170 valence electrons. The molecule has 0 bridgehead atoms. The van der Waals surface area contributed by atoms with Crippen molar-refractivity contribution in [2.24, 2.45) is 5.92 Å². The summed E-state index contributed by atoms with van der Waals surface area (Å²) >= 11 is 0. The van der Waals surface area contributed by atoms with E-state index in [1.165, 1.54) is 5.52 Å². The van der Waals surface area contributed by atoms with Crippen LogP contribution in [0, 0.1) is 5.92 Å². The second-order valence-corrected chi connectivity index (χ2v) is 7.57. The molecule has 4 rings (SSSR count). The minimum atomic E-state index is -1.82. The number of carboxylic acid groups (broad SMARTS) is 2. The highest BCUT2D eigenvalue weighted by molar-refractivity contribution is 6.27. The molecule has 0 saturated carbocycles. The highest BCUT2D eigenvalue weighted by Gasteiger charge is 2.21. The van der Waals surface area contributed by atoms with Gasteiger partial charge in [0, 0.05) is 6.54 Å². The second kappa shape index (κ2) is 11.1. The quantitative estimate of drug-likeness (QED) is 0.492. The minimum absolute atomic E-state index is 0.0560. The number of piperidine rings is 1. The van der Waals surface area contributed by atoms with Gasteiger partial charge in [0.05, 0.1) is 36.7 Å². The van der Waals surface area contributed by atoms with Gasteiger partial charge < -0.3 is 24.5 Å². The van der Waals surface area contributed by atoms with E-state index in [0.29, 0.717) is 19.0 Å². The number of hydrogen-bond donors (Lipinski definition) is 3. The van der Waals surface area contributed by atoms with Crippen LogP contribution in [0.15, 0.2) is 53.4 Å². The molecule has 1 fully saturated rings. The third-order valence-electron chi connectivity index (χ3n) is 5.28. The summed E-state index contributed by atoms with van der Waals surface area (Å²) in [4.78, 5) is 37.0. The maximum atomic E-state index is 12.1. The Morgan fingerprint density at radius 3 is 2.44 bits per heavy atom. The zero-order valence-electron chi connectivity index (χ0n) is 17.5. The SMILES string of the molecule is O=C(CN1CCC(Cn2cnc3ccccc32)CC1)NCc1ccco1.O=C(O)C(=O)O. The van der Waals surface area contributed by atoms with E-state index in [-0.39, 0.29) is 5.91 Å². The molecule has 2 aromatic heterocycles. The number of nitrogens with zero attached hydrogens (tertiary/aromatic N) is 3. The van der Waals surface area contributed by atoms with Gasteiger partial charge in [0.1, 0.15) is 5.76 Å². The Morgan fingerprint density at radius 2 is 1.78 bits per heavy atom. The number of carboxylic acids is 2. The Labute approximate surface area is 184 Å². The molecule has 1 aliphatic rings. The van der Waals surface area contributed by atoms with Gasteiger partial charge in [-0.1, -0.05) is 12.1 Å². The molecule has 0 atom stereocenters. The van der Waals surface area contributed by atoms with Gasteiger partial charge in [0.15, 0.2) is 0 Å². The number of furan rings is 1. The van der Waals surface area contributed by atoms with E-state index >= 15 is 0 Å². The van der Waals surface area contributed by atoms with E-state index in [1.807, 2.05) is 24.5 Å². The van der Waals surface area contributed by atoms with E-state index in [9.17, 15) is 4.79 Å². The fourth-order valence-electron chi connectivity index (χ4n) is 3.62. The average molecular weight is 442 g/mol. The first-order chi connectivity index (χ1) is 15.4. The lowest BCUT2D eigenvalue weighted by Gasteiger charge is -2.31. The molecular weight excluding hydrogens is 416 g/mol. The van der Waals surface area contributed by atoms with E-state index < -0.39 is 11.9 Å². The van der Waals surface area contributed by atoms with Gasteiger partial charge in [-0.25, -0.2) is 14.6 Å². The zero-order chi connectivity index (χ0) is 22.9. The maximum Gasteiger partial charge on any atom is 0.414 e. The van der Waals surface area contributed by atoms with Gasteiger partial charge >= 0.3 is 11.9 Å². The number of carbonyl (C=O) groups is 3. The number of aromatic nitrogens is 2. The lowest BCUT2D eigenvalue weighted by molar-refractivity contribution is -0.159. The smallest absolute Gasteiger partial charge is 0.414 e. The first kappa shape index (κ1) is 23.0. The molecule has 32 heavy (non-hydrogen) atoms. The summed E-state index contributed by atoms with van der Waals surface area (Å²) in [5.74, 6) is -2.18. The first-order valence-electron chi connectivity index (χ1n) is 10.3. The van der Waals surface area contributed by atoms with Crippen molar-refractivity contribution in [3.05, 3.63) is 54.7 Å². The molecule has 0 unspecified atom stereocenters. The molecular formula is C22H26N4O6. The normalized spacial score (nSPS) is 14.5. The van der Waals surface area contributed by atoms with Crippen molar-refractivity contribution in [3.8, 4) is 0 Å². The van der Waals surface area contributed by atoms with E-state index in [1.54, 1.807) is 6.26 Å². The molecule has 1 amide bonds. The van der Waals surface area contributed by atoms with Crippen LogP contribution in [0.5, 0.6) is 0 Å². The van der Waals surface area contributed by atoms with E-state index in [4.69, 9.17) is 24.2 Å². The number of aliphatic carboxylic acids is 2. The summed E-state index contributed by atoms with van der Waals surface area (Å²) in [5.41, 5.74) is 2.25. The summed E-state index contributed by atoms with van der Waals surface area (Å²) in [6.07, 6.45) is 5.78. The van der Waals surface area contributed by atoms with Crippen molar-refractivity contribution in [1.82, 2.24) is 19.8 Å². The van der Waals surface area contributed by atoms with Crippen LogP contribution in [0.2, 0.25) is 0 Å². The zero-order valence-corrected chi connectivity index (χ0v) is 17.5. The summed E-state index contributed by atoms with van der Waals surface area (Å²) in [7, 11) is 0. The predicted octanol–water partition coefficient (Wildman–Crippen LogP) is 1.81. The Hall–Kier alpha value is -3.66. The molecule has 3 heterocycles. The number of fused-ring (bicyclic) bond motifs is 1. The number of imidazole rings is 1. The van der Waals surface area contributed by atoms with Crippen molar-refractivity contribution in [1.29, 1.82) is 0 Å². The van der Waals surface area contributed by atoms with Crippen LogP contribution in [0.3, 0.4) is 0 Å². The summed E-state index contributed by atoms with van der Waals surface area (Å²) in [5, 5.41) is 17.7. The number of nitrogens with one attached hydrogen (secondary N) is 1. The number of hydrogen-bond acceptors (Lipinski definition) is 6. The topological polar surface area (TPSA) is 138 Å². The van der Waals surface area contributed by atoms with Crippen molar-refractivity contribution < 1.29 is 29.0 Å². The number of para-hydroxylation sites is 2. The highest BCUT2D eigenvalue weighted by Crippen LogP contribution is 2.21. The molecule has 0 radical (unpaired) electrons. The maximum absolute atomic E-state index is 12.1. The summed E-state index contributed by atoms with van der Waals surface area (Å²) in [6.45, 7) is 3.84. The predicted molar refractivity (Wildman–Crippen MR) is 115 cm³/mol. The Kier molecular flexibility index (Phi) is 7.98. The van der Waals surface area contributed by atoms with Crippen LogP contribution in [-0.2, 0) is 27.5 Å². The van der Waals surface area contributed by atoms with E-state index in [2.05, 4.69) is 38.0 Å². The number of carbonyl (C=O) groups excluding carboxylic acids is 1. The Morgan fingerprint density at radius 1 is 1.06 bits per heavy atom. The standard InChI is InChI=1S/C20H24N4O2.C2H2O4/c25-20(21-12-17-4-3-11-26-17)14-23-9-7-16(8-10-23)13-24-15-22-18-5-1-2-6-19(18)24;3-1(4)2(5)6/h1-6,11,15-16H,7-10,12-14H2,(H,21,25);(H,3,4)(H,5,6). The number of amides is 1. The lowest BCUT2D eigenvalue weighted by Crippen LogP contribution is -2.41. The van der Waals surface area contributed by atoms with Gasteiger partial charge in [0.2, 0.25) is 5.91 Å². The summed E-state index contributed by atoms with van der Waals surface area (Å²) in [6, 6.07) is 12.0. The number of benzene rings is 1. The average Bonchev–Trinajstić information content (AvgIpc) is 3.44. The second-order valence-electron chi connectivity index (χ2n) is 7.57. The highest BCUT2D eigenvalue weighted by atomic mass is 16.4. The molecule has 1 aromatic carbocycles. The number of rotatable bonds is 6. The van der Waals surface area contributed by atoms with Gasteiger partial charge in [-0.15, -0.1) is 0 Å². The Bertz CT molecular complexity index is 1030. The number of likely N-dealkylation sites (tertiary alicyclic amines) is 1. The molecule has 0 aliphatic carbocycles. The third-order valence-corrected chi connectivity index (χ3v) is 5.28. The molecule has 1 saturated heterocycles. The lowest BCUT2D eigenvalue weighted by atomic mass is 9.96. The first-order valence-corrected chi connectivity index (χ1v) is 10.3. The fraction of sp³-hybridized carbons (Fsp3) is 0.364. The fourth-order valence-corrected chi connectivity index (χ4v) is 3.62. The van der Waals surface area contributed by atoms with Crippen molar-refractivity contribution in [3.63, 3.8) is 0 Å². The molecule has 3 N–H and O–H groups in total. The molecule has 10 heteroatoms. The molecule has 3 aromatic rings. The van der Waals surface area contributed by atoms with Crippen LogP contribution in [0.25, 0.3) is 11.0 Å². The van der Waals surface area contributed by atoms with Crippen LogP contribution in [0.1, 0.15) is 18.6 Å².